The standard InChI is InChI=1S/C21H39N9O8/c22-8-2-1-5-12(18(35)30-14(20(37)38)10-15(24)31)29-19(36)13(6-7-16(32)33)28-17(34)11(23)4-3-9-27-21(25)26/h11-14H,1-10,22-23H2,(H2,24,31)(H,28,34)(H,29,36)(H,30,35)(H,32,33)(H,37,38)(H4,25,26,27). The second kappa shape index (κ2) is 18.3. The van der Waals surface area contributed by atoms with Gasteiger partial charge in [0.1, 0.15) is 18.1 Å². The molecule has 17 nitrogen and oxygen atoms in total. The lowest BCUT2D eigenvalue weighted by Crippen LogP contribution is -2.57. The predicted molar refractivity (Wildman–Crippen MR) is 135 cm³/mol. The summed E-state index contributed by atoms with van der Waals surface area (Å²) in [5.41, 5.74) is 26.8. The van der Waals surface area contributed by atoms with Crippen LogP contribution in [-0.4, -0.2) is 89.0 Å². The molecule has 38 heavy (non-hydrogen) atoms. The van der Waals surface area contributed by atoms with E-state index in [2.05, 4.69) is 20.9 Å². The minimum absolute atomic E-state index is 0.0432. The first kappa shape index (κ1) is 34.0. The Morgan fingerprint density at radius 2 is 1.29 bits per heavy atom. The highest BCUT2D eigenvalue weighted by Crippen LogP contribution is 2.06. The van der Waals surface area contributed by atoms with Crippen molar-refractivity contribution in [1.82, 2.24) is 16.0 Å². The Balaban J connectivity index is 5.53. The molecule has 0 aromatic rings. The molecule has 0 saturated heterocycles. The fourth-order valence-corrected chi connectivity index (χ4v) is 3.17. The molecule has 0 aliphatic carbocycles. The maximum Gasteiger partial charge on any atom is 0.326 e. The van der Waals surface area contributed by atoms with Crippen LogP contribution in [0, 0.1) is 0 Å². The van der Waals surface area contributed by atoms with E-state index in [9.17, 15) is 33.9 Å². The second-order valence-corrected chi connectivity index (χ2v) is 8.46. The summed E-state index contributed by atoms with van der Waals surface area (Å²) in [5, 5.41) is 25.2. The number of unbranched alkanes of at least 4 members (excludes halogenated alkanes) is 1. The summed E-state index contributed by atoms with van der Waals surface area (Å²) in [6, 6.07) is -5.33. The molecule has 4 atom stereocenters. The van der Waals surface area contributed by atoms with E-state index in [1.807, 2.05) is 0 Å². The van der Waals surface area contributed by atoms with E-state index >= 15 is 0 Å². The quantitative estimate of drug-likeness (QED) is 0.0395. The molecule has 4 unspecified atom stereocenters. The summed E-state index contributed by atoms with van der Waals surface area (Å²) in [6.07, 6.45) is -0.0582. The van der Waals surface area contributed by atoms with Crippen molar-refractivity contribution in [3.05, 3.63) is 0 Å². The Bertz CT molecular complexity index is 864. The molecule has 0 saturated carbocycles. The van der Waals surface area contributed by atoms with Crippen LogP contribution < -0.4 is 44.6 Å². The van der Waals surface area contributed by atoms with Crippen LogP contribution in [0.1, 0.15) is 51.4 Å². The normalized spacial score (nSPS) is 13.7. The molecule has 0 rings (SSSR count). The van der Waals surface area contributed by atoms with Crippen LogP contribution in [0.4, 0.5) is 0 Å². The SMILES string of the molecule is NCCCCC(NC(=O)C(CCC(=O)O)NC(=O)C(N)CCCN=C(N)N)C(=O)NC(CC(N)=O)C(=O)O. The van der Waals surface area contributed by atoms with Gasteiger partial charge in [-0.2, -0.15) is 0 Å². The Kier molecular flexibility index (Phi) is 16.4. The van der Waals surface area contributed by atoms with Gasteiger partial charge in [-0.3, -0.25) is 29.0 Å². The molecule has 0 aromatic carbocycles. The van der Waals surface area contributed by atoms with E-state index in [1.165, 1.54) is 0 Å². The number of aliphatic imine (C=N–C) groups is 1. The third-order valence-corrected chi connectivity index (χ3v) is 5.18. The van der Waals surface area contributed by atoms with Crippen LogP contribution in [0.2, 0.25) is 0 Å². The van der Waals surface area contributed by atoms with Crippen molar-refractivity contribution >= 4 is 41.5 Å². The maximum absolute atomic E-state index is 13.0. The molecule has 0 radical (unpaired) electrons. The molecule has 4 amide bonds. The van der Waals surface area contributed by atoms with Gasteiger partial charge >= 0.3 is 11.9 Å². The second-order valence-electron chi connectivity index (χ2n) is 8.46. The van der Waals surface area contributed by atoms with Gasteiger partial charge in [-0.1, -0.05) is 0 Å². The molecular formula is C21H39N9O8. The molecular weight excluding hydrogens is 506 g/mol. The number of carbonyl (C=O) groups is 6. The number of carboxylic acid groups (broad SMARTS) is 2. The van der Waals surface area contributed by atoms with Gasteiger partial charge in [0.25, 0.3) is 0 Å². The molecule has 0 bridgehead atoms. The summed E-state index contributed by atoms with van der Waals surface area (Å²) >= 11 is 0. The first-order valence-electron chi connectivity index (χ1n) is 11.9. The van der Waals surface area contributed by atoms with Crippen LogP contribution in [-0.2, 0) is 28.8 Å². The highest BCUT2D eigenvalue weighted by atomic mass is 16.4. The highest BCUT2D eigenvalue weighted by Gasteiger charge is 2.31. The van der Waals surface area contributed by atoms with Crippen molar-refractivity contribution in [3.63, 3.8) is 0 Å². The first-order valence-corrected chi connectivity index (χ1v) is 11.9. The van der Waals surface area contributed by atoms with Gasteiger partial charge in [0.15, 0.2) is 5.96 Å². The zero-order valence-corrected chi connectivity index (χ0v) is 21.1. The largest absolute Gasteiger partial charge is 0.481 e. The molecule has 0 aliphatic heterocycles. The predicted octanol–water partition coefficient (Wildman–Crippen LogP) is -4.22. The van der Waals surface area contributed by atoms with Gasteiger partial charge in [-0.15, -0.1) is 0 Å². The zero-order valence-electron chi connectivity index (χ0n) is 21.1. The number of aliphatic carboxylic acids is 2. The van der Waals surface area contributed by atoms with Gasteiger partial charge in [-0.05, 0) is 45.1 Å². The van der Waals surface area contributed by atoms with Crippen LogP contribution in [0.15, 0.2) is 4.99 Å². The summed E-state index contributed by atoms with van der Waals surface area (Å²) in [5.74, 6) is -6.37. The number of primary amides is 1. The van der Waals surface area contributed by atoms with Gasteiger partial charge in [0.2, 0.25) is 23.6 Å². The van der Waals surface area contributed by atoms with E-state index in [0.717, 1.165) is 0 Å². The molecule has 0 fully saturated rings. The lowest BCUT2D eigenvalue weighted by Gasteiger charge is -2.25. The molecule has 17 heteroatoms. The van der Waals surface area contributed by atoms with Gasteiger partial charge in [0, 0.05) is 13.0 Å². The van der Waals surface area contributed by atoms with Crippen molar-refractivity contribution in [2.24, 2.45) is 33.7 Å². The fraction of sp³-hybridized carbons (Fsp3) is 0.667. The third-order valence-electron chi connectivity index (χ3n) is 5.18. The average molecular weight is 546 g/mol. The monoisotopic (exact) mass is 545 g/mol. The molecule has 0 heterocycles. The summed E-state index contributed by atoms with van der Waals surface area (Å²) in [4.78, 5) is 75.7. The van der Waals surface area contributed by atoms with Gasteiger partial charge in [0.05, 0.1) is 12.5 Å². The van der Waals surface area contributed by atoms with Crippen molar-refractivity contribution in [2.45, 2.75) is 75.5 Å². The van der Waals surface area contributed by atoms with Crippen LogP contribution >= 0.6 is 0 Å². The molecule has 0 aromatic heterocycles. The van der Waals surface area contributed by atoms with E-state index in [1.54, 1.807) is 0 Å². The van der Waals surface area contributed by atoms with E-state index < -0.39 is 72.6 Å². The number of carbonyl (C=O) groups excluding carboxylic acids is 4. The first-order chi connectivity index (χ1) is 17.8. The van der Waals surface area contributed by atoms with E-state index in [4.69, 9.17) is 33.8 Å². The zero-order chi connectivity index (χ0) is 29.3. The minimum Gasteiger partial charge on any atom is -0.481 e. The third kappa shape index (κ3) is 15.2. The molecule has 15 N–H and O–H groups in total. The number of rotatable bonds is 20. The van der Waals surface area contributed by atoms with E-state index in [0.29, 0.717) is 25.8 Å². The summed E-state index contributed by atoms with van der Waals surface area (Å²) < 4.78 is 0. The summed E-state index contributed by atoms with van der Waals surface area (Å²) in [7, 11) is 0. The molecule has 0 spiro atoms. The fourth-order valence-electron chi connectivity index (χ4n) is 3.17. The average Bonchev–Trinajstić information content (AvgIpc) is 2.82. The smallest absolute Gasteiger partial charge is 0.326 e. The number of hydrogen-bond acceptors (Lipinski definition) is 9. The Morgan fingerprint density at radius 1 is 0.737 bits per heavy atom. The topological polar surface area (TPSA) is 321 Å². The highest BCUT2D eigenvalue weighted by molar-refractivity contribution is 5.95. The van der Waals surface area contributed by atoms with Crippen molar-refractivity contribution in [1.29, 1.82) is 0 Å². The number of nitrogens with one attached hydrogen (secondary N) is 3. The number of hydrogen-bond donors (Lipinski definition) is 10. The number of guanidine groups is 1. The Morgan fingerprint density at radius 3 is 1.79 bits per heavy atom. The lowest BCUT2D eigenvalue weighted by atomic mass is 10.0. The van der Waals surface area contributed by atoms with Gasteiger partial charge < -0.3 is 54.8 Å². The van der Waals surface area contributed by atoms with E-state index in [-0.39, 0.29) is 31.8 Å². The maximum atomic E-state index is 13.0. The minimum atomic E-state index is -1.63. The Labute approximate surface area is 219 Å². The summed E-state index contributed by atoms with van der Waals surface area (Å²) in [6.45, 7) is 0.513. The number of carboxylic acids is 2. The van der Waals surface area contributed by atoms with Crippen molar-refractivity contribution in [2.75, 3.05) is 13.1 Å². The van der Waals surface area contributed by atoms with Crippen LogP contribution in [0.3, 0.4) is 0 Å². The van der Waals surface area contributed by atoms with Crippen LogP contribution in [0.5, 0.6) is 0 Å². The van der Waals surface area contributed by atoms with Gasteiger partial charge in [-0.25, -0.2) is 4.79 Å². The number of amides is 4. The van der Waals surface area contributed by atoms with Crippen molar-refractivity contribution < 1.29 is 39.0 Å². The van der Waals surface area contributed by atoms with Crippen LogP contribution in [0.25, 0.3) is 0 Å². The number of nitrogens with zero attached hydrogens (tertiary/aromatic N) is 1. The Hall–Kier alpha value is -3.99. The molecule has 216 valence electrons. The van der Waals surface area contributed by atoms with Crippen molar-refractivity contribution in [3.8, 4) is 0 Å². The lowest BCUT2D eigenvalue weighted by molar-refractivity contribution is -0.143. The number of nitrogens with two attached hydrogens (primary N) is 5. The molecule has 0 aliphatic rings.